The Hall–Kier alpha value is -3.52. The van der Waals surface area contributed by atoms with Crippen molar-refractivity contribution in [3.8, 4) is 17.1 Å². The molecule has 0 saturated carbocycles. The third-order valence-electron chi connectivity index (χ3n) is 4.58. The van der Waals surface area contributed by atoms with Crippen molar-refractivity contribution in [2.45, 2.75) is 13.8 Å². The Kier molecular flexibility index (Phi) is 4.85. The highest BCUT2D eigenvalue weighted by molar-refractivity contribution is 6.31. The first-order valence-corrected chi connectivity index (χ1v) is 9.28. The molecule has 4 rings (SSSR count). The number of aromatic nitrogens is 6. The van der Waals surface area contributed by atoms with Crippen molar-refractivity contribution in [3.63, 3.8) is 0 Å². The maximum atomic E-state index is 12.7. The van der Waals surface area contributed by atoms with Gasteiger partial charge in [0.25, 0.3) is 5.91 Å². The van der Waals surface area contributed by atoms with Gasteiger partial charge < -0.3 is 5.32 Å². The van der Waals surface area contributed by atoms with Crippen LogP contribution < -0.4 is 5.32 Å². The van der Waals surface area contributed by atoms with Crippen molar-refractivity contribution >= 4 is 23.2 Å². The zero-order valence-corrected chi connectivity index (χ0v) is 16.8. The van der Waals surface area contributed by atoms with Crippen LogP contribution in [0.4, 0.5) is 5.69 Å². The molecule has 0 aliphatic heterocycles. The summed E-state index contributed by atoms with van der Waals surface area (Å²) >= 11 is 6.22. The van der Waals surface area contributed by atoms with E-state index in [2.05, 4.69) is 25.9 Å². The number of hydrogen-bond acceptors (Lipinski definition) is 5. The van der Waals surface area contributed by atoms with Crippen LogP contribution in [-0.4, -0.2) is 35.9 Å². The van der Waals surface area contributed by atoms with Gasteiger partial charge in [-0.25, -0.2) is 9.36 Å². The molecule has 0 bridgehead atoms. The second kappa shape index (κ2) is 7.48. The number of amides is 1. The standard InChI is InChI=1S/C20H18ClN7O/c1-12-18(21)13(2)28(24-12)17-9-7-14(8-10-17)20(29)22-16-6-4-5-15(11-16)19-23-25-26-27(19)3/h4-11H,1-3H3,(H,22,29). The van der Waals surface area contributed by atoms with Gasteiger partial charge in [-0.1, -0.05) is 23.7 Å². The third-order valence-corrected chi connectivity index (χ3v) is 5.12. The minimum Gasteiger partial charge on any atom is -0.322 e. The van der Waals surface area contributed by atoms with Gasteiger partial charge in [-0.05, 0) is 60.7 Å². The molecule has 2 heterocycles. The van der Waals surface area contributed by atoms with E-state index in [0.717, 1.165) is 22.6 Å². The van der Waals surface area contributed by atoms with Crippen LogP contribution in [0.25, 0.3) is 17.1 Å². The number of benzene rings is 2. The first kappa shape index (κ1) is 18.8. The molecule has 0 saturated heterocycles. The summed E-state index contributed by atoms with van der Waals surface area (Å²) in [5.41, 5.74) is 4.47. The molecule has 2 aromatic carbocycles. The summed E-state index contributed by atoms with van der Waals surface area (Å²) in [6.45, 7) is 3.77. The monoisotopic (exact) mass is 407 g/mol. The lowest BCUT2D eigenvalue weighted by Crippen LogP contribution is -2.12. The number of aryl methyl sites for hydroxylation is 2. The first-order chi connectivity index (χ1) is 13.9. The van der Waals surface area contributed by atoms with E-state index >= 15 is 0 Å². The number of hydrogen-bond donors (Lipinski definition) is 1. The SMILES string of the molecule is Cc1nn(-c2ccc(C(=O)Nc3cccc(-c4nnnn4C)c3)cc2)c(C)c1Cl. The lowest BCUT2D eigenvalue weighted by Gasteiger charge is -2.09. The van der Waals surface area contributed by atoms with Crippen LogP contribution in [0.15, 0.2) is 48.5 Å². The molecule has 0 spiro atoms. The Labute approximate surface area is 172 Å². The van der Waals surface area contributed by atoms with Crippen LogP contribution in [-0.2, 0) is 7.05 Å². The van der Waals surface area contributed by atoms with E-state index in [0.29, 0.717) is 22.1 Å². The van der Waals surface area contributed by atoms with Crippen LogP contribution >= 0.6 is 11.6 Å². The summed E-state index contributed by atoms with van der Waals surface area (Å²) in [7, 11) is 1.76. The number of anilines is 1. The van der Waals surface area contributed by atoms with Gasteiger partial charge in [0, 0.05) is 23.9 Å². The number of nitrogens with one attached hydrogen (secondary N) is 1. The van der Waals surface area contributed by atoms with Gasteiger partial charge in [0.1, 0.15) is 0 Å². The number of tetrazole rings is 1. The maximum Gasteiger partial charge on any atom is 0.255 e. The molecular weight excluding hydrogens is 390 g/mol. The molecule has 29 heavy (non-hydrogen) atoms. The predicted octanol–water partition coefficient (Wildman–Crippen LogP) is 3.59. The molecule has 0 radical (unpaired) electrons. The van der Waals surface area contributed by atoms with E-state index < -0.39 is 0 Å². The maximum absolute atomic E-state index is 12.7. The van der Waals surface area contributed by atoms with Gasteiger partial charge in [-0.2, -0.15) is 5.10 Å². The first-order valence-electron chi connectivity index (χ1n) is 8.90. The van der Waals surface area contributed by atoms with Gasteiger partial charge in [0.15, 0.2) is 5.82 Å². The molecule has 0 unspecified atom stereocenters. The smallest absolute Gasteiger partial charge is 0.255 e. The summed E-state index contributed by atoms with van der Waals surface area (Å²) in [6, 6.07) is 14.6. The molecule has 0 atom stereocenters. The lowest BCUT2D eigenvalue weighted by molar-refractivity contribution is 0.102. The number of carbonyl (C=O) groups is 1. The molecule has 8 nitrogen and oxygen atoms in total. The molecule has 0 aliphatic rings. The van der Waals surface area contributed by atoms with Gasteiger partial charge in [-0.3, -0.25) is 4.79 Å². The average molecular weight is 408 g/mol. The number of rotatable bonds is 4. The normalized spacial score (nSPS) is 10.9. The molecule has 1 N–H and O–H groups in total. The largest absolute Gasteiger partial charge is 0.322 e. The van der Waals surface area contributed by atoms with E-state index in [1.54, 1.807) is 28.5 Å². The van der Waals surface area contributed by atoms with Crippen molar-refractivity contribution in [2.24, 2.45) is 7.05 Å². The van der Waals surface area contributed by atoms with Gasteiger partial charge in [-0.15, -0.1) is 5.10 Å². The summed E-state index contributed by atoms with van der Waals surface area (Å²) < 4.78 is 3.34. The fourth-order valence-electron chi connectivity index (χ4n) is 3.04. The topological polar surface area (TPSA) is 90.5 Å². The van der Waals surface area contributed by atoms with Crippen molar-refractivity contribution < 1.29 is 4.79 Å². The molecule has 9 heteroatoms. The quantitative estimate of drug-likeness (QED) is 0.558. The van der Waals surface area contributed by atoms with Crippen molar-refractivity contribution in [3.05, 3.63) is 70.5 Å². The molecule has 1 amide bonds. The second-order valence-electron chi connectivity index (χ2n) is 6.60. The fraction of sp³-hybridized carbons (Fsp3) is 0.150. The predicted molar refractivity (Wildman–Crippen MR) is 110 cm³/mol. The Balaban J connectivity index is 1.53. The van der Waals surface area contributed by atoms with E-state index in [1.807, 2.05) is 50.2 Å². The lowest BCUT2D eigenvalue weighted by atomic mass is 10.1. The van der Waals surface area contributed by atoms with Crippen LogP contribution in [0.1, 0.15) is 21.7 Å². The summed E-state index contributed by atoms with van der Waals surface area (Å²) in [4.78, 5) is 12.7. The molecule has 2 aromatic heterocycles. The third kappa shape index (κ3) is 3.62. The van der Waals surface area contributed by atoms with Crippen LogP contribution in [0.3, 0.4) is 0 Å². The van der Waals surface area contributed by atoms with E-state index in [9.17, 15) is 4.79 Å². The van der Waals surface area contributed by atoms with Gasteiger partial charge >= 0.3 is 0 Å². The summed E-state index contributed by atoms with van der Waals surface area (Å²) in [5.74, 6) is 0.408. The van der Waals surface area contributed by atoms with Crippen LogP contribution in [0.5, 0.6) is 0 Å². The van der Waals surface area contributed by atoms with Crippen LogP contribution in [0, 0.1) is 13.8 Å². The minimum absolute atomic E-state index is 0.212. The molecular formula is C20H18ClN7O. The zero-order chi connectivity index (χ0) is 20.5. The van der Waals surface area contributed by atoms with Gasteiger partial charge in [0.2, 0.25) is 0 Å². The molecule has 0 fully saturated rings. The Morgan fingerprint density at radius 2 is 1.86 bits per heavy atom. The molecule has 146 valence electrons. The average Bonchev–Trinajstić information content (AvgIpc) is 3.27. The highest BCUT2D eigenvalue weighted by atomic mass is 35.5. The molecule has 4 aromatic rings. The summed E-state index contributed by atoms with van der Waals surface area (Å²) in [6.07, 6.45) is 0. The van der Waals surface area contributed by atoms with Gasteiger partial charge in [0.05, 0.1) is 22.1 Å². The Morgan fingerprint density at radius 1 is 1.10 bits per heavy atom. The molecule has 0 aliphatic carbocycles. The minimum atomic E-state index is -0.212. The Bertz CT molecular complexity index is 1190. The van der Waals surface area contributed by atoms with Crippen LogP contribution in [0.2, 0.25) is 5.02 Å². The highest BCUT2D eigenvalue weighted by Gasteiger charge is 2.13. The Morgan fingerprint density at radius 3 is 2.48 bits per heavy atom. The van der Waals surface area contributed by atoms with Crippen molar-refractivity contribution in [1.82, 2.24) is 30.0 Å². The number of carbonyl (C=O) groups excluding carboxylic acids is 1. The second-order valence-corrected chi connectivity index (χ2v) is 6.98. The highest BCUT2D eigenvalue weighted by Crippen LogP contribution is 2.23. The summed E-state index contributed by atoms with van der Waals surface area (Å²) in [5, 5.41) is 19.4. The number of nitrogens with zero attached hydrogens (tertiary/aromatic N) is 6. The number of halogens is 1. The zero-order valence-electron chi connectivity index (χ0n) is 16.1. The fourth-order valence-corrected chi connectivity index (χ4v) is 3.16. The van der Waals surface area contributed by atoms with E-state index in [1.165, 1.54) is 0 Å². The van der Waals surface area contributed by atoms with E-state index in [4.69, 9.17) is 11.6 Å². The van der Waals surface area contributed by atoms with E-state index in [-0.39, 0.29) is 5.91 Å². The van der Waals surface area contributed by atoms with Crippen molar-refractivity contribution in [1.29, 1.82) is 0 Å². The van der Waals surface area contributed by atoms with Crippen molar-refractivity contribution in [2.75, 3.05) is 5.32 Å².